The highest BCUT2D eigenvalue weighted by Gasteiger charge is 2.31. The molecule has 0 amide bonds. The van der Waals surface area contributed by atoms with Gasteiger partial charge in [0, 0.05) is 18.3 Å². The summed E-state index contributed by atoms with van der Waals surface area (Å²) in [6.45, 7) is 5.30. The van der Waals surface area contributed by atoms with Crippen molar-refractivity contribution in [1.82, 2.24) is 19.6 Å². The number of anilines is 1. The van der Waals surface area contributed by atoms with Crippen LogP contribution in [0.15, 0.2) is 12.4 Å². The first-order chi connectivity index (χ1) is 8.16. The molecule has 5 nitrogen and oxygen atoms in total. The summed E-state index contributed by atoms with van der Waals surface area (Å²) in [4.78, 5) is 8.44. The topological polar surface area (TPSA) is 55.1 Å². The van der Waals surface area contributed by atoms with Gasteiger partial charge in [0.15, 0.2) is 0 Å². The molecule has 3 rings (SSSR count). The first kappa shape index (κ1) is 10.5. The van der Waals surface area contributed by atoms with Gasteiger partial charge in [-0.25, -0.2) is 4.98 Å². The van der Waals surface area contributed by atoms with Gasteiger partial charge in [0.25, 0.3) is 5.78 Å². The van der Waals surface area contributed by atoms with Crippen molar-refractivity contribution >= 4 is 11.6 Å². The van der Waals surface area contributed by atoms with Gasteiger partial charge in [0.1, 0.15) is 12.1 Å². The minimum Gasteiger partial charge on any atom is -0.369 e. The fourth-order valence-electron chi connectivity index (χ4n) is 2.32. The number of rotatable bonds is 3. The van der Waals surface area contributed by atoms with E-state index in [0.717, 1.165) is 18.1 Å². The summed E-state index contributed by atoms with van der Waals surface area (Å²) in [5.74, 6) is 1.64. The third-order valence-corrected chi connectivity index (χ3v) is 3.64. The molecule has 2 aromatic heterocycles. The summed E-state index contributed by atoms with van der Waals surface area (Å²) in [5, 5.41) is 7.66. The van der Waals surface area contributed by atoms with Gasteiger partial charge < -0.3 is 5.32 Å². The molecule has 17 heavy (non-hydrogen) atoms. The highest BCUT2D eigenvalue weighted by molar-refractivity contribution is 5.44. The lowest BCUT2D eigenvalue weighted by Crippen LogP contribution is -2.33. The van der Waals surface area contributed by atoms with Crippen LogP contribution >= 0.6 is 0 Å². The fraction of sp³-hybridized carbons (Fsp3) is 0.583. The molecule has 0 aliphatic heterocycles. The number of aromatic nitrogens is 4. The van der Waals surface area contributed by atoms with Crippen LogP contribution in [0.4, 0.5) is 5.82 Å². The number of aryl methyl sites for hydroxylation is 1. The molecule has 0 unspecified atom stereocenters. The maximum Gasteiger partial charge on any atom is 0.254 e. The second-order valence-corrected chi connectivity index (χ2v) is 5.27. The van der Waals surface area contributed by atoms with Crippen LogP contribution in [-0.4, -0.2) is 26.1 Å². The number of fused-ring (bicyclic) bond motifs is 1. The van der Waals surface area contributed by atoms with Gasteiger partial charge in [0.2, 0.25) is 0 Å². The molecular weight excluding hydrogens is 214 g/mol. The van der Waals surface area contributed by atoms with Gasteiger partial charge in [-0.3, -0.25) is 0 Å². The van der Waals surface area contributed by atoms with E-state index < -0.39 is 0 Å². The number of hydrogen-bond donors (Lipinski definition) is 1. The quantitative estimate of drug-likeness (QED) is 0.878. The van der Waals surface area contributed by atoms with Crippen LogP contribution in [0.1, 0.15) is 31.9 Å². The lowest BCUT2D eigenvalue weighted by molar-refractivity contribution is 0.179. The highest BCUT2D eigenvalue weighted by atomic mass is 15.3. The van der Waals surface area contributed by atoms with Crippen molar-refractivity contribution in [3.63, 3.8) is 0 Å². The van der Waals surface area contributed by atoms with E-state index in [1.807, 2.05) is 13.0 Å². The minimum absolute atomic E-state index is 0.448. The summed E-state index contributed by atoms with van der Waals surface area (Å²) >= 11 is 0. The Labute approximate surface area is 100 Å². The van der Waals surface area contributed by atoms with Crippen LogP contribution in [0.3, 0.4) is 0 Å². The van der Waals surface area contributed by atoms with E-state index in [4.69, 9.17) is 0 Å². The van der Waals surface area contributed by atoms with E-state index >= 15 is 0 Å². The van der Waals surface area contributed by atoms with Crippen LogP contribution in [0.5, 0.6) is 0 Å². The summed E-state index contributed by atoms with van der Waals surface area (Å²) in [6.07, 6.45) is 5.51. The maximum atomic E-state index is 4.32. The highest BCUT2D eigenvalue weighted by Crippen LogP contribution is 2.40. The van der Waals surface area contributed by atoms with Gasteiger partial charge in [-0.15, -0.1) is 0 Å². The predicted molar refractivity (Wildman–Crippen MR) is 66.0 cm³/mol. The second kappa shape index (κ2) is 3.68. The Morgan fingerprint density at radius 1 is 1.47 bits per heavy atom. The third kappa shape index (κ3) is 1.85. The lowest BCUT2D eigenvalue weighted by Gasteiger charge is -2.38. The van der Waals surface area contributed by atoms with Gasteiger partial charge in [-0.2, -0.15) is 14.6 Å². The number of nitrogens with one attached hydrogen (secondary N) is 1. The molecular formula is C12H17N5. The molecule has 2 heterocycles. The lowest BCUT2D eigenvalue weighted by atomic mass is 9.70. The molecule has 1 aliphatic rings. The Balaban J connectivity index is 1.86. The Morgan fingerprint density at radius 2 is 2.29 bits per heavy atom. The Morgan fingerprint density at radius 3 is 3.00 bits per heavy atom. The van der Waals surface area contributed by atoms with Crippen LogP contribution in [0.25, 0.3) is 5.78 Å². The van der Waals surface area contributed by atoms with Crippen LogP contribution in [-0.2, 0) is 0 Å². The molecule has 0 atom stereocenters. The van der Waals surface area contributed by atoms with E-state index in [1.54, 1.807) is 4.52 Å². The molecule has 0 aromatic carbocycles. The Hall–Kier alpha value is -1.65. The summed E-state index contributed by atoms with van der Waals surface area (Å²) < 4.78 is 1.76. The third-order valence-electron chi connectivity index (χ3n) is 3.64. The first-order valence-electron chi connectivity index (χ1n) is 6.08. The Bertz CT molecular complexity index is 541. The molecule has 1 saturated carbocycles. The van der Waals surface area contributed by atoms with Gasteiger partial charge in [0.05, 0.1) is 0 Å². The van der Waals surface area contributed by atoms with Crippen LogP contribution < -0.4 is 5.32 Å². The van der Waals surface area contributed by atoms with Crippen molar-refractivity contribution in [3.8, 4) is 0 Å². The molecule has 0 bridgehead atoms. The van der Waals surface area contributed by atoms with Crippen molar-refractivity contribution in [2.45, 2.75) is 33.1 Å². The molecule has 1 fully saturated rings. The molecule has 1 N–H and O–H groups in total. The molecule has 0 saturated heterocycles. The Kier molecular flexibility index (Phi) is 2.28. The van der Waals surface area contributed by atoms with Gasteiger partial charge >= 0.3 is 0 Å². The van der Waals surface area contributed by atoms with Crippen molar-refractivity contribution in [2.75, 3.05) is 11.9 Å². The minimum atomic E-state index is 0.448. The number of nitrogens with zero attached hydrogens (tertiary/aromatic N) is 4. The zero-order chi connectivity index (χ0) is 11.9. The standard InChI is InChI=1S/C12H17N5/c1-9-6-10(13-7-12(2)4-3-5-12)17-11(16-9)14-8-15-17/h6,8,13H,3-5,7H2,1-2H3. The molecule has 2 aromatic rings. The van der Waals surface area contributed by atoms with E-state index in [0.29, 0.717) is 11.2 Å². The van der Waals surface area contributed by atoms with Gasteiger partial charge in [-0.1, -0.05) is 13.3 Å². The molecule has 0 radical (unpaired) electrons. The first-order valence-corrected chi connectivity index (χ1v) is 6.08. The van der Waals surface area contributed by atoms with Crippen molar-refractivity contribution in [3.05, 3.63) is 18.1 Å². The summed E-state index contributed by atoms with van der Waals surface area (Å²) in [5.41, 5.74) is 1.41. The largest absolute Gasteiger partial charge is 0.369 e. The monoisotopic (exact) mass is 231 g/mol. The van der Waals surface area contributed by atoms with E-state index in [9.17, 15) is 0 Å². The summed E-state index contributed by atoms with van der Waals surface area (Å²) in [6, 6.07) is 2.02. The molecule has 5 heteroatoms. The fourth-order valence-corrected chi connectivity index (χ4v) is 2.32. The summed E-state index contributed by atoms with van der Waals surface area (Å²) in [7, 11) is 0. The SMILES string of the molecule is Cc1cc(NCC2(C)CCC2)n2ncnc2n1. The zero-order valence-electron chi connectivity index (χ0n) is 10.3. The molecule has 90 valence electrons. The van der Waals surface area contributed by atoms with Crippen molar-refractivity contribution < 1.29 is 0 Å². The average molecular weight is 231 g/mol. The number of hydrogen-bond acceptors (Lipinski definition) is 4. The smallest absolute Gasteiger partial charge is 0.254 e. The van der Waals surface area contributed by atoms with Gasteiger partial charge in [-0.05, 0) is 25.2 Å². The van der Waals surface area contributed by atoms with Crippen molar-refractivity contribution in [2.24, 2.45) is 5.41 Å². The normalized spacial score (nSPS) is 18.0. The maximum absolute atomic E-state index is 4.32. The zero-order valence-corrected chi connectivity index (χ0v) is 10.3. The second-order valence-electron chi connectivity index (χ2n) is 5.27. The van der Waals surface area contributed by atoms with E-state index in [1.165, 1.54) is 25.6 Å². The molecule has 1 aliphatic carbocycles. The predicted octanol–water partition coefficient (Wildman–Crippen LogP) is 2.03. The van der Waals surface area contributed by atoms with Crippen LogP contribution in [0.2, 0.25) is 0 Å². The van der Waals surface area contributed by atoms with E-state index in [-0.39, 0.29) is 0 Å². The van der Waals surface area contributed by atoms with Crippen molar-refractivity contribution in [1.29, 1.82) is 0 Å². The van der Waals surface area contributed by atoms with Crippen LogP contribution in [0, 0.1) is 12.3 Å². The molecule has 0 spiro atoms. The average Bonchev–Trinajstić information content (AvgIpc) is 2.71. The van der Waals surface area contributed by atoms with E-state index in [2.05, 4.69) is 27.3 Å².